The fourth-order valence-corrected chi connectivity index (χ4v) is 3.61. The molecule has 1 aromatic carbocycles. The van der Waals surface area contributed by atoms with Crippen molar-refractivity contribution in [1.29, 1.82) is 0 Å². The fraction of sp³-hybridized carbons (Fsp3) is 0.550. The van der Waals surface area contributed by atoms with E-state index in [1.54, 1.807) is 6.08 Å². The Morgan fingerprint density at radius 3 is 2.46 bits per heavy atom. The first kappa shape index (κ1) is 20.9. The van der Waals surface area contributed by atoms with Gasteiger partial charge in [0.15, 0.2) is 5.78 Å². The van der Waals surface area contributed by atoms with E-state index >= 15 is 0 Å². The SMILES string of the molecule is COP(C)(=O)OCC(=O)C=Cc1cc(C(C)(C)C)c(O)c2c1CCCC2. The molecule has 0 amide bonds. The molecule has 6 heteroatoms. The molecule has 144 valence electrons. The lowest BCUT2D eigenvalue weighted by Crippen LogP contribution is -2.15. The summed E-state index contributed by atoms with van der Waals surface area (Å²) >= 11 is 0. The van der Waals surface area contributed by atoms with Crippen LogP contribution in [0.3, 0.4) is 0 Å². The molecule has 1 unspecified atom stereocenters. The first-order chi connectivity index (χ1) is 12.0. The number of phenolic OH excluding ortho intramolecular Hbond substituents is 1. The Morgan fingerprint density at radius 2 is 1.88 bits per heavy atom. The third-order valence-electron chi connectivity index (χ3n) is 4.69. The summed E-state index contributed by atoms with van der Waals surface area (Å²) in [6.45, 7) is 7.23. The number of rotatable bonds is 6. The molecule has 0 aromatic heterocycles. The molecule has 0 heterocycles. The Morgan fingerprint density at radius 1 is 1.27 bits per heavy atom. The van der Waals surface area contributed by atoms with Crippen molar-refractivity contribution in [3.05, 3.63) is 34.4 Å². The van der Waals surface area contributed by atoms with E-state index in [0.717, 1.165) is 47.9 Å². The molecule has 1 N–H and O–H groups in total. The van der Waals surface area contributed by atoms with Gasteiger partial charge in [-0.25, -0.2) is 0 Å². The highest BCUT2D eigenvalue weighted by Gasteiger charge is 2.25. The largest absolute Gasteiger partial charge is 0.507 e. The van der Waals surface area contributed by atoms with Gasteiger partial charge in [-0.1, -0.05) is 26.8 Å². The molecule has 1 atom stereocenters. The highest BCUT2D eigenvalue weighted by atomic mass is 31.2. The quantitative estimate of drug-likeness (QED) is 0.575. The zero-order valence-corrected chi connectivity index (χ0v) is 17.2. The van der Waals surface area contributed by atoms with E-state index in [4.69, 9.17) is 9.05 Å². The lowest BCUT2D eigenvalue weighted by atomic mass is 9.79. The fourth-order valence-electron chi connectivity index (χ4n) is 3.14. The Labute approximate surface area is 155 Å². The summed E-state index contributed by atoms with van der Waals surface area (Å²) in [5, 5.41) is 10.7. The van der Waals surface area contributed by atoms with E-state index in [9.17, 15) is 14.5 Å². The zero-order chi connectivity index (χ0) is 19.5. The summed E-state index contributed by atoms with van der Waals surface area (Å²) in [5.74, 6) is 0.116. The third kappa shape index (κ3) is 5.06. The summed E-state index contributed by atoms with van der Waals surface area (Å²) in [4.78, 5) is 12.1. The van der Waals surface area contributed by atoms with Crippen LogP contribution in [0.2, 0.25) is 0 Å². The van der Waals surface area contributed by atoms with Crippen molar-refractivity contribution in [2.24, 2.45) is 0 Å². The highest BCUT2D eigenvalue weighted by Crippen LogP contribution is 2.42. The van der Waals surface area contributed by atoms with Gasteiger partial charge >= 0.3 is 7.60 Å². The second kappa shape index (κ2) is 8.08. The number of carbonyl (C=O) groups is 1. The van der Waals surface area contributed by atoms with Crippen LogP contribution >= 0.6 is 7.60 Å². The van der Waals surface area contributed by atoms with Crippen molar-refractivity contribution < 1.29 is 23.5 Å². The number of carbonyl (C=O) groups excluding carboxylic acids is 1. The van der Waals surface area contributed by atoms with Crippen LogP contribution in [0.4, 0.5) is 0 Å². The maximum Gasteiger partial charge on any atom is 0.327 e. The minimum Gasteiger partial charge on any atom is -0.507 e. The second-order valence-electron chi connectivity index (χ2n) is 7.80. The molecular weight excluding hydrogens is 351 g/mol. The predicted octanol–water partition coefficient (Wildman–Crippen LogP) is 4.64. The number of benzene rings is 1. The molecule has 0 bridgehead atoms. The maximum atomic E-state index is 12.1. The maximum absolute atomic E-state index is 12.1. The molecule has 0 aliphatic heterocycles. The summed E-state index contributed by atoms with van der Waals surface area (Å²) in [6, 6.07) is 1.98. The minimum absolute atomic E-state index is 0.195. The number of hydrogen-bond donors (Lipinski definition) is 1. The summed E-state index contributed by atoms with van der Waals surface area (Å²) in [5.41, 5.74) is 3.77. The molecule has 5 nitrogen and oxygen atoms in total. The van der Waals surface area contributed by atoms with Crippen molar-refractivity contribution >= 4 is 19.5 Å². The van der Waals surface area contributed by atoms with E-state index in [1.165, 1.54) is 19.9 Å². The Balaban J connectivity index is 2.31. The topological polar surface area (TPSA) is 72.8 Å². The molecular formula is C20H29O5P. The minimum atomic E-state index is -3.17. The zero-order valence-electron chi connectivity index (χ0n) is 16.3. The van der Waals surface area contributed by atoms with Crippen molar-refractivity contribution in [2.75, 3.05) is 20.4 Å². The molecule has 0 saturated heterocycles. The summed E-state index contributed by atoms with van der Waals surface area (Å²) < 4.78 is 21.4. The van der Waals surface area contributed by atoms with Crippen LogP contribution in [0.25, 0.3) is 6.08 Å². The van der Waals surface area contributed by atoms with Crippen LogP contribution in [0.1, 0.15) is 55.9 Å². The number of phenols is 1. The normalized spacial score (nSPS) is 17.1. The molecule has 1 aliphatic rings. The predicted molar refractivity (Wildman–Crippen MR) is 104 cm³/mol. The van der Waals surface area contributed by atoms with Crippen LogP contribution in [0.5, 0.6) is 5.75 Å². The van der Waals surface area contributed by atoms with Crippen LogP contribution in [0.15, 0.2) is 12.1 Å². The summed E-state index contributed by atoms with van der Waals surface area (Å²) in [7, 11) is -1.88. The van der Waals surface area contributed by atoms with Gasteiger partial charge in [0, 0.05) is 19.3 Å². The number of ketones is 1. The van der Waals surface area contributed by atoms with E-state index in [1.807, 2.05) is 6.07 Å². The van der Waals surface area contributed by atoms with Gasteiger partial charge in [-0.15, -0.1) is 0 Å². The number of hydrogen-bond acceptors (Lipinski definition) is 5. The van der Waals surface area contributed by atoms with E-state index in [0.29, 0.717) is 5.75 Å². The van der Waals surface area contributed by atoms with Crippen LogP contribution < -0.4 is 0 Å². The standard InChI is InChI=1S/C20H29O5P/c1-20(2,3)18-12-14(16-8-6-7-9-17(16)19(18)22)10-11-15(21)13-25-26(5,23)24-4/h10-12,22H,6-9,13H2,1-5H3. The van der Waals surface area contributed by atoms with Crippen LogP contribution in [-0.2, 0) is 36.7 Å². The first-order valence-corrected chi connectivity index (χ1v) is 10.9. The van der Waals surface area contributed by atoms with Gasteiger partial charge in [-0.3, -0.25) is 9.36 Å². The van der Waals surface area contributed by atoms with Gasteiger partial charge < -0.3 is 14.2 Å². The van der Waals surface area contributed by atoms with Gasteiger partial charge in [0.1, 0.15) is 12.4 Å². The van der Waals surface area contributed by atoms with Gasteiger partial charge in [-0.2, -0.15) is 0 Å². The molecule has 0 saturated carbocycles. The molecule has 2 rings (SSSR count). The molecule has 1 aromatic rings. The monoisotopic (exact) mass is 380 g/mol. The summed E-state index contributed by atoms with van der Waals surface area (Å²) in [6.07, 6.45) is 7.11. The Bertz CT molecular complexity index is 758. The smallest absolute Gasteiger partial charge is 0.327 e. The Hall–Kier alpha value is -1.42. The number of aromatic hydroxyl groups is 1. The van der Waals surface area contributed by atoms with E-state index in [-0.39, 0.29) is 17.8 Å². The first-order valence-electron chi connectivity index (χ1n) is 8.92. The van der Waals surface area contributed by atoms with Crippen LogP contribution in [-0.4, -0.2) is 31.3 Å². The molecule has 26 heavy (non-hydrogen) atoms. The van der Waals surface area contributed by atoms with Gasteiger partial charge in [0.2, 0.25) is 0 Å². The molecule has 0 spiro atoms. The Kier molecular flexibility index (Phi) is 6.49. The highest BCUT2D eigenvalue weighted by molar-refractivity contribution is 7.52. The van der Waals surface area contributed by atoms with Crippen LogP contribution in [0, 0.1) is 0 Å². The average Bonchev–Trinajstić information content (AvgIpc) is 2.58. The molecule has 1 aliphatic carbocycles. The third-order valence-corrected chi connectivity index (χ3v) is 5.95. The number of fused-ring (bicyclic) bond motifs is 1. The van der Waals surface area contributed by atoms with E-state index in [2.05, 4.69) is 20.8 Å². The van der Waals surface area contributed by atoms with Crippen molar-refractivity contribution in [3.8, 4) is 5.75 Å². The lowest BCUT2D eigenvalue weighted by molar-refractivity contribution is -0.116. The average molecular weight is 380 g/mol. The van der Waals surface area contributed by atoms with Gasteiger partial charge in [0.25, 0.3) is 0 Å². The van der Waals surface area contributed by atoms with E-state index < -0.39 is 7.60 Å². The van der Waals surface area contributed by atoms with Gasteiger partial charge in [0.05, 0.1) is 0 Å². The van der Waals surface area contributed by atoms with Crippen molar-refractivity contribution in [1.82, 2.24) is 0 Å². The molecule has 0 radical (unpaired) electrons. The second-order valence-corrected chi connectivity index (χ2v) is 9.97. The van der Waals surface area contributed by atoms with Gasteiger partial charge in [-0.05, 0) is 59.9 Å². The van der Waals surface area contributed by atoms with Crippen molar-refractivity contribution in [3.63, 3.8) is 0 Å². The molecule has 0 fully saturated rings. The van der Waals surface area contributed by atoms with Crippen molar-refractivity contribution in [2.45, 2.75) is 51.9 Å². The lowest BCUT2D eigenvalue weighted by Gasteiger charge is -2.27.